The molecule has 0 radical (unpaired) electrons. The maximum Gasteiger partial charge on any atom is 0.337 e. The minimum atomic E-state index is -3.52. The van der Waals surface area contributed by atoms with Crippen LogP contribution in [0, 0.1) is 0 Å². The van der Waals surface area contributed by atoms with Crippen LogP contribution in [-0.4, -0.2) is 39.9 Å². The summed E-state index contributed by atoms with van der Waals surface area (Å²) < 4.78 is 31.7. The number of carbonyl (C=O) groups is 1. The second-order valence-corrected chi connectivity index (χ2v) is 7.05. The van der Waals surface area contributed by atoms with Crippen molar-refractivity contribution in [3.8, 4) is 0 Å². The number of ether oxygens (including phenoxy) is 1. The summed E-state index contributed by atoms with van der Waals surface area (Å²) in [4.78, 5) is 11.4. The molecule has 0 saturated heterocycles. The van der Waals surface area contributed by atoms with E-state index in [1.807, 2.05) is 0 Å². The number of anilines is 3. The van der Waals surface area contributed by atoms with Gasteiger partial charge in [0.1, 0.15) is 0 Å². The number of nitrogens with zero attached hydrogens (tertiary/aromatic N) is 1. The Balaban J connectivity index is 2.05. The Hall–Kier alpha value is -2.58. The Kier molecular flexibility index (Phi) is 5.42. The first-order chi connectivity index (χ1) is 11.3. The summed E-state index contributed by atoms with van der Waals surface area (Å²) in [5.74, 6) is -0.390. The molecule has 2 aromatic carbocycles. The minimum Gasteiger partial charge on any atom is -0.465 e. The molecule has 0 amide bonds. The lowest BCUT2D eigenvalue weighted by molar-refractivity contribution is 0.0601. The maximum absolute atomic E-state index is 11.7. The van der Waals surface area contributed by atoms with Crippen LogP contribution in [0.15, 0.2) is 48.5 Å². The first-order valence-corrected chi connectivity index (χ1v) is 8.51. The summed E-state index contributed by atoms with van der Waals surface area (Å²) in [6.45, 7) is 0. The van der Waals surface area contributed by atoms with E-state index in [1.165, 1.54) is 21.2 Å². The molecule has 2 N–H and O–H groups in total. The molecule has 0 fully saturated rings. The van der Waals surface area contributed by atoms with Crippen molar-refractivity contribution in [2.45, 2.75) is 0 Å². The quantitative estimate of drug-likeness (QED) is 0.782. The highest BCUT2D eigenvalue weighted by Crippen LogP contribution is 2.20. The second-order valence-electron chi connectivity index (χ2n) is 5.16. The van der Waals surface area contributed by atoms with Gasteiger partial charge in [-0.3, -0.25) is 4.72 Å². The van der Waals surface area contributed by atoms with E-state index >= 15 is 0 Å². The molecule has 0 spiro atoms. The van der Waals surface area contributed by atoms with E-state index in [-0.39, 0.29) is 5.97 Å². The molecule has 0 aliphatic carbocycles. The number of methoxy groups -OCH3 is 1. The van der Waals surface area contributed by atoms with Crippen molar-refractivity contribution in [1.29, 1.82) is 0 Å². The SMILES string of the molecule is COC(=O)c1ccc(Nc2ccc(NS(=O)(=O)N(C)C)cc2)cc1. The van der Waals surface area contributed by atoms with E-state index in [1.54, 1.807) is 48.5 Å². The first-order valence-electron chi connectivity index (χ1n) is 7.07. The van der Waals surface area contributed by atoms with Crippen LogP contribution >= 0.6 is 0 Å². The van der Waals surface area contributed by atoms with Crippen LogP contribution in [0.25, 0.3) is 0 Å². The molecule has 0 saturated carbocycles. The van der Waals surface area contributed by atoms with Crippen molar-refractivity contribution in [2.24, 2.45) is 0 Å². The van der Waals surface area contributed by atoms with Gasteiger partial charge in [-0.05, 0) is 48.5 Å². The van der Waals surface area contributed by atoms with Crippen LogP contribution in [0.2, 0.25) is 0 Å². The predicted octanol–water partition coefficient (Wildman–Crippen LogP) is 2.44. The van der Waals surface area contributed by atoms with Crippen molar-refractivity contribution in [3.63, 3.8) is 0 Å². The van der Waals surface area contributed by atoms with Crippen LogP contribution in [-0.2, 0) is 14.9 Å². The van der Waals surface area contributed by atoms with Crippen molar-refractivity contribution in [3.05, 3.63) is 54.1 Å². The molecule has 0 atom stereocenters. The molecular formula is C16H19N3O4S. The highest BCUT2D eigenvalue weighted by molar-refractivity contribution is 7.90. The Bertz CT molecular complexity index is 800. The lowest BCUT2D eigenvalue weighted by Gasteiger charge is -2.14. The number of hydrogen-bond acceptors (Lipinski definition) is 5. The Morgan fingerprint density at radius 3 is 1.83 bits per heavy atom. The monoisotopic (exact) mass is 349 g/mol. The van der Waals surface area contributed by atoms with Gasteiger partial charge >= 0.3 is 16.2 Å². The van der Waals surface area contributed by atoms with Gasteiger partial charge in [0.05, 0.1) is 12.7 Å². The van der Waals surface area contributed by atoms with E-state index in [4.69, 9.17) is 0 Å². The fourth-order valence-corrected chi connectivity index (χ4v) is 2.45. The average molecular weight is 349 g/mol. The lowest BCUT2D eigenvalue weighted by Crippen LogP contribution is -2.28. The molecule has 0 aromatic heterocycles. The van der Waals surface area contributed by atoms with Gasteiger partial charge in [-0.25, -0.2) is 4.79 Å². The van der Waals surface area contributed by atoms with Gasteiger partial charge in [0.2, 0.25) is 0 Å². The standard InChI is InChI=1S/C16H19N3O4S/c1-19(2)24(21,22)18-15-10-8-14(9-11-15)17-13-6-4-12(5-7-13)16(20)23-3/h4-11,17-18H,1-3H3. The molecule has 0 unspecified atom stereocenters. The fourth-order valence-electron chi connectivity index (χ4n) is 1.84. The number of esters is 1. The van der Waals surface area contributed by atoms with Gasteiger partial charge in [-0.1, -0.05) is 0 Å². The normalized spacial score (nSPS) is 11.2. The molecule has 2 aromatic rings. The summed E-state index contributed by atoms with van der Waals surface area (Å²) in [5.41, 5.74) is 2.52. The highest BCUT2D eigenvalue weighted by atomic mass is 32.2. The molecule has 128 valence electrons. The van der Waals surface area contributed by atoms with Crippen molar-refractivity contribution in [1.82, 2.24) is 4.31 Å². The highest BCUT2D eigenvalue weighted by Gasteiger charge is 2.12. The van der Waals surface area contributed by atoms with Crippen LogP contribution in [0.5, 0.6) is 0 Å². The maximum atomic E-state index is 11.7. The Morgan fingerprint density at radius 1 is 0.917 bits per heavy atom. The van der Waals surface area contributed by atoms with E-state index < -0.39 is 10.2 Å². The van der Waals surface area contributed by atoms with Crippen molar-refractivity contribution in [2.75, 3.05) is 31.2 Å². The van der Waals surface area contributed by atoms with Crippen molar-refractivity contribution < 1.29 is 17.9 Å². The van der Waals surface area contributed by atoms with E-state index in [0.29, 0.717) is 11.3 Å². The first kappa shape index (κ1) is 17.8. The smallest absolute Gasteiger partial charge is 0.337 e. The Morgan fingerprint density at radius 2 is 1.38 bits per heavy atom. The predicted molar refractivity (Wildman–Crippen MR) is 93.7 cm³/mol. The number of nitrogens with one attached hydrogen (secondary N) is 2. The minimum absolute atomic E-state index is 0.390. The zero-order valence-corrected chi connectivity index (χ0v) is 14.4. The van der Waals surface area contributed by atoms with Gasteiger partial charge in [-0.15, -0.1) is 0 Å². The van der Waals surface area contributed by atoms with E-state index in [9.17, 15) is 13.2 Å². The molecule has 0 bridgehead atoms. The summed E-state index contributed by atoms with van der Waals surface area (Å²) in [6, 6.07) is 13.7. The fraction of sp³-hybridized carbons (Fsp3) is 0.188. The molecule has 8 heteroatoms. The number of carbonyl (C=O) groups excluding carboxylic acids is 1. The summed E-state index contributed by atoms with van der Waals surface area (Å²) >= 11 is 0. The third kappa shape index (κ3) is 4.46. The third-order valence-electron chi connectivity index (χ3n) is 3.21. The van der Waals surface area contributed by atoms with Gasteiger partial charge in [-0.2, -0.15) is 12.7 Å². The largest absolute Gasteiger partial charge is 0.465 e. The van der Waals surface area contributed by atoms with Gasteiger partial charge in [0.15, 0.2) is 0 Å². The van der Waals surface area contributed by atoms with Gasteiger partial charge < -0.3 is 10.1 Å². The van der Waals surface area contributed by atoms with E-state index in [2.05, 4.69) is 14.8 Å². The average Bonchev–Trinajstić information content (AvgIpc) is 2.56. The number of benzene rings is 2. The summed E-state index contributed by atoms with van der Waals surface area (Å²) in [5, 5.41) is 3.16. The number of hydrogen-bond donors (Lipinski definition) is 2. The molecule has 2 rings (SSSR count). The molecule has 0 aliphatic heterocycles. The summed E-state index contributed by atoms with van der Waals surface area (Å²) in [7, 11) is 0.724. The third-order valence-corrected chi connectivity index (χ3v) is 4.66. The van der Waals surface area contributed by atoms with Crippen LogP contribution in [0.3, 0.4) is 0 Å². The van der Waals surface area contributed by atoms with Gasteiger partial charge in [0, 0.05) is 31.2 Å². The lowest BCUT2D eigenvalue weighted by atomic mass is 10.2. The second kappa shape index (κ2) is 7.33. The molecule has 7 nitrogen and oxygen atoms in total. The molecule has 24 heavy (non-hydrogen) atoms. The summed E-state index contributed by atoms with van der Waals surface area (Å²) in [6.07, 6.45) is 0. The van der Waals surface area contributed by atoms with Crippen LogP contribution in [0.1, 0.15) is 10.4 Å². The zero-order valence-electron chi connectivity index (χ0n) is 13.6. The topological polar surface area (TPSA) is 87.7 Å². The molecular weight excluding hydrogens is 330 g/mol. The number of rotatable bonds is 6. The Labute approximate surface area is 141 Å². The molecule has 0 heterocycles. The van der Waals surface area contributed by atoms with E-state index in [0.717, 1.165) is 15.7 Å². The zero-order chi connectivity index (χ0) is 17.7. The molecule has 0 aliphatic rings. The van der Waals surface area contributed by atoms with Crippen LogP contribution < -0.4 is 10.0 Å². The van der Waals surface area contributed by atoms with Gasteiger partial charge in [0.25, 0.3) is 0 Å². The van der Waals surface area contributed by atoms with Crippen LogP contribution in [0.4, 0.5) is 17.1 Å². The van der Waals surface area contributed by atoms with Crippen molar-refractivity contribution >= 4 is 33.2 Å².